The van der Waals surface area contributed by atoms with E-state index in [1.807, 2.05) is 55.1 Å². The second kappa shape index (κ2) is 17.1. The van der Waals surface area contributed by atoms with Crippen LogP contribution in [0.1, 0.15) is 63.6 Å². The number of anilines is 1. The summed E-state index contributed by atoms with van der Waals surface area (Å²) in [6.45, 7) is 11.9. The lowest BCUT2D eigenvalue weighted by atomic mass is 9.81. The van der Waals surface area contributed by atoms with Crippen LogP contribution in [-0.4, -0.2) is 126 Å². The third-order valence-corrected chi connectivity index (χ3v) is 13.3. The van der Waals surface area contributed by atoms with Gasteiger partial charge in [0.1, 0.15) is 26.3 Å². The van der Waals surface area contributed by atoms with Crippen LogP contribution in [0.4, 0.5) is 11.4 Å². The Morgan fingerprint density at radius 1 is 0.850 bits per heavy atom. The van der Waals surface area contributed by atoms with Crippen molar-refractivity contribution in [3.8, 4) is 0 Å². The summed E-state index contributed by atoms with van der Waals surface area (Å²) in [5.41, 5.74) is 6.10. The van der Waals surface area contributed by atoms with E-state index in [-0.39, 0.29) is 16.2 Å². The van der Waals surface area contributed by atoms with E-state index in [1.54, 1.807) is 12.1 Å². The first-order chi connectivity index (χ1) is 27.6. The number of hydrogen-bond donors (Lipinski definition) is 2. The van der Waals surface area contributed by atoms with Crippen molar-refractivity contribution in [2.75, 3.05) is 73.4 Å². The van der Waals surface area contributed by atoms with Gasteiger partial charge in [-0.3, -0.25) is 4.79 Å². The number of aliphatic carboxylic acids is 1. The average Bonchev–Trinajstić information content (AvgIpc) is 3.46. The summed E-state index contributed by atoms with van der Waals surface area (Å²) in [7, 11) is 4.83. The van der Waals surface area contributed by atoms with E-state index >= 15 is 0 Å². The molecule has 2 aliphatic rings. The van der Waals surface area contributed by atoms with Crippen LogP contribution in [-0.2, 0) is 42.1 Å². The molecule has 2 aliphatic heterocycles. The summed E-state index contributed by atoms with van der Waals surface area (Å²) in [5, 5.41) is 9.29. The van der Waals surface area contributed by atoms with Gasteiger partial charge in [0.2, 0.25) is 5.69 Å². The summed E-state index contributed by atoms with van der Waals surface area (Å²) in [4.78, 5) is 13.7. The number of rotatable bonds is 17. The van der Waals surface area contributed by atoms with Crippen molar-refractivity contribution in [1.29, 1.82) is 0 Å². The van der Waals surface area contributed by atoms with Gasteiger partial charge in [-0.15, -0.1) is 0 Å². The zero-order chi connectivity index (χ0) is 44.6. The molecular weight excluding hydrogens is 799 g/mol. The third-order valence-electron chi connectivity index (χ3n) is 11.5. The van der Waals surface area contributed by atoms with Gasteiger partial charge in [-0.05, 0) is 78.9 Å². The van der Waals surface area contributed by atoms with Gasteiger partial charge in [0.15, 0.2) is 31.2 Å². The minimum atomic E-state index is -4.68. The molecule has 12 nitrogen and oxygen atoms in total. The van der Waals surface area contributed by atoms with E-state index in [4.69, 9.17) is 0 Å². The lowest BCUT2D eigenvalue weighted by Crippen LogP contribution is -2.37. The molecule has 1 aromatic heterocycles. The average molecular weight is 863 g/mol. The van der Waals surface area contributed by atoms with Gasteiger partial charge < -0.3 is 28.1 Å². The molecule has 0 bridgehead atoms. The van der Waals surface area contributed by atoms with Gasteiger partial charge in [0.25, 0.3) is 0 Å². The summed E-state index contributed by atoms with van der Waals surface area (Å²) < 4.78 is 65.3. The van der Waals surface area contributed by atoms with Crippen molar-refractivity contribution in [2.45, 2.75) is 74.1 Å². The van der Waals surface area contributed by atoms with Gasteiger partial charge in [0.05, 0.1) is 77.0 Å². The van der Waals surface area contributed by atoms with Crippen LogP contribution in [0.15, 0.2) is 101 Å². The smallest absolute Gasteiger partial charge is 0.309 e. The van der Waals surface area contributed by atoms with Gasteiger partial charge in [0, 0.05) is 59.6 Å². The number of carboxylic acids is 1. The highest BCUT2D eigenvalue weighted by Crippen LogP contribution is 2.49. The lowest BCUT2D eigenvalue weighted by Gasteiger charge is -2.29. The van der Waals surface area contributed by atoms with Gasteiger partial charge in [-0.1, -0.05) is 19.9 Å². The van der Waals surface area contributed by atoms with Crippen LogP contribution in [0.2, 0.25) is 0 Å². The maximum Gasteiger partial charge on any atom is 0.309 e. The highest BCUT2D eigenvalue weighted by atomic mass is 32.2. The second-order valence-electron chi connectivity index (χ2n) is 19.1. The largest absolute Gasteiger partial charge is 0.744 e. The van der Waals surface area contributed by atoms with Crippen LogP contribution in [0.25, 0.3) is 5.57 Å². The number of nitrogens with zero attached hydrogens (tertiary/aromatic N) is 5. The molecule has 0 amide bonds. The van der Waals surface area contributed by atoms with Crippen molar-refractivity contribution in [3.63, 3.8) is 0 Å². The molecule has 14 heteroatoms. The summed E-state index contributed by atoms with van der Waals surface area (Å²) >= 11 is 0. The Hall–Kier alpha value is -4.44. The van der Waals surface area contributed by atoms with Crippen molar-refractivity contribution >= 4 is 54.4 Å². The van der Waals surface area contributed by atoms with E-state index < -0.39 is 36.7 Å². The van der Waals surface area contributed by atoms with Crippen LogP contribution in [0.5, 0.6) is 0 Å². The van der Waals surface area contributed by atoms with Crippen molar-refractivity contribution < 1.29 is 49.7 Å². The summed E-state index contributed by atoms with van der Waals surface area (Å²) in [6, 6.07) is 14.0. The van der Waals surface area contributed by atoms with E-state index in [1.165, 1.54) is 12.1 Å². The summed E-state index contributed by atoms with van der Waals surface area (Å²) in [6.07, 6.45) is 13.9. The molecule has 1 unspecified atom stereocenters. The van der Waals surface area contributed by atoms with E-state index in [0.717, 1.165) is 86.5 Å². The van der Waals surface area contributed by atoms with E-state index in [9.17, 15) is 31.6 Å². The molecule has 60 heavy (non-hydrogen) atoms. The summed E-state index contributed by atoms with van der Waals surface area (Å²) in [5.74, 6) is 2.65. The monoisotopic (exact) mass is 862 g/mol. The molecule has 0 saturated heterocycles. The maximum atomic E-state index is 12.7. The molecule has 3 aromatic rings. The van der Waals surface area contributed by atoms with Gasteiger partial charge >= 0.3 is 5.97 Å². The first kappa shape index (κ1) is 46.6. The fraction of sp³-hybridized carbons (Fsp3) is 0.435. The van der Waals surface area contributed by atoms with E-state index in [0.29, 0.717) is 13.1 Å². The molecule has 0 fully saturated rings. The van der Waals surface area contributed by atoms with E-state index in [2.05, 4.69) is 95.8 Å². The molecule has 2 N–H and O–H groups in total. The number of carbonyl (C=O) groups is 1. The Labute approximate surface area is 357 Å². The predicted octanol–water partition coefficient (Wildman–Crippen LogP) is 5.79. The molecular formula is C46H64N5O7S2+3. The SMILES string of the molecule is C=S(=O)(O)c1ccc2c(c1)C(C)(C)\C(=C/C=C(/C=C/C1=[N+](CCC[N+](C)(C)C)c3ccc(S(=O)(=O)[O-])cc3C1(C)C)c1cc[n+](CCC(=O)O)cc1)N2CCC[N+](C)(C)C. The number of pyridine rings is 1. The molecule has 5 rings (SSSR count). The number of allylic oxidation sites excluding steroid dienone is 6. The minimum absolute atomic E-state index is 0.00736. The Morgan fingerprint density at radius 2 is 1.45 bits per heavy atom. The fourth-order valence-electron chi connectivity index (χ4n) is 8.16. The second-order valence-corrected chi connectivity index (χ2v) is 22.2. The molecule has 324 valence electrons. The fourth-order valence-corrected chi connectivity index (χ4v) is 9.24. The molecule has 1 atom stereocenters. The normalized spacial score (nSPS) is 18.3. The number of hydrogen-bond acceptors (Lipinski definition) is 6. The Kier molecular flexibility index (Phi) is 13.3. The van der Waals surface area contributed by atoms with Crippen LogP contribution in [0, 0.1) is 0 Å². The number of carboxylic acid groups (broad SMARTS) is 1. The lowest BCUT2D eigenvalue weighted by molar-refractivity contribution is -0.871. The maximum absolute atomic E-state index is 12.7. The van der Waals surface area contributed by atoms with Crippen molar-refractivity contribution in [2.24, 2.45) is 0 Å². The van der Waals surface area contributed by atoms with Crippen LogP contribution in [0.3, 0.4) is 0 Å². The Morgan fingerprint density at radius 3 is 2.03 bits per heavy atom. The van der Waals surface area contributed by atoms with Crippen molar-refractivity contribution in [3.05, 3.63) is 108 Å². The topological polar surface area (TPSA) is 142 Å². The van der Waals surface area contributed by atoms with Crippen LogP contribution >= 0.6 is 0 Å². The van der Waals surface area contributed by atoms with Gasteiger partial charge in [-0.2, -0.15) is 4.58 Å². The number of aryl methyl sites for hydroxylation is 1. The predicted molar refractivity (Wildman–Crippen MR) is 239 cm³/mol. The van der Waals surface area contributed by atoms with Gasteiger partial charge in [-0.25, -0.2) is 17.2 Å². The Bertz CT molecular complexity index is 2490. The first-order valence-corrected chi connectivity index (χ1v) is 23.4. The number of fused-ring (bicyclic) bond motifs is 2. The minimum Gasteiger partial charge on any atom is -0.744 e. The molecule has 0 spiro atoms. The molecule has 0 saturated carbocycles. The molecule has 0 aliphatic carbocycles. The molecule has 3 heterocycles. The highest BCUT2D eigenvalue weighted by molar-refractivity contribution is 7.95. The van der Waals surface area contributed by atoms with Crippen molar-refractivity contribution in [1.82, 2.24) is 0 Å². The quantitative estimate of drug-likeness (QED) is 0.0572. The highest BCUT2D eigenvalue weighted by Gasteiger charge is 2.45. The number of quaternary nitrogens is 2. The zero-order valence-corrected chi connectivity index (χ0v) is 38.6. The number of benzene rings is 2. The third kappa shape index (κ3) is 10.9. The zero-order valence-electron chi connectivity index (χ0n) is 36.9. The molecule has 0 radical (unpaired) electrons. The standard InChI is InChI=1S/C46H62N5O7S2/c1-45(2)38-32-36(59(11,54)55)16-18-40(38)48(25-12-30-50(5,6)7)42(45)20-14-34(35-22-27-47(28-23-35)29-24-44(52)53)15-21-43-46(3,4)39-33-37(60(56,57)58)17-19-41(39)49(43)26-13-31-51(8,9)10/h14-23,27-28,32-33H,11-13,24-26,29-31H2,1-10H3/q+1/p+2. The molecule has 2 aromatic carbocycles. The first-order valence-electron chi connectivity index (χ1n) is 20.3. The Balaban J connectivity index is 1.68. The van der Waals surface area contributed by atoms with Crippen LogP contribution < -0.4 is 9.47 Å². The number of aromatic nitrogens is 1.